The number of Topliss-reactive ketones (excluding diaryl/α,β-unsaturated/α-hetero) is 2. The molecule has 1 amide bonds. The van der Waals surface area contributed by atoms with Gasteiger partial charge in [0.25, 0.3) is 0 Å². The van der Waals surface area contributed by atoms with E-state index in [2.05, 4.69) is 12.2 Å². The van der Waals surface area contributed by atoms with Crippen molar-refractivity contribution in [1.29, 1.82) is 0 Å². The van der Waals surface area contributed by atoms with E-state index >= 15 is 0 Å². The molecule has 0 bridgehead atoms. The Morgan fingerprint density at radius 3 is 2.49 bits per heavy atom. The van der Waals surface area contributed by atoms with E-state index in [-0.39, 0.29) is 59.9 Å². The van der Waals surface area contributed by atoms with Crippen LogP contribution < -0.4 is 5.32 Å². The number of carbonyl (C=O) groups is 5. The Labute approximate surface area is 347 Å². The molecule has 1 aliphatic heterocycles. The summed E-state index contributed by atoms with van der Waals surface area (Å²) in [5.41, 5.74) is 1.72. The third-order valence-corrected chi connectivity index (χ3v) is 14.4. The minimum atomic E-state index is -1.47. The highest BCUT2D eigenvalue weighted by molar-refractivity contribution is 6.01. The lowest BCUT2D eigenvalue weighted by Gasteiger charge is -2.59. The van der Waals surface area contributed by atoms with Gasteiger partial charge in [0.2, 0.25) is 11.7 Å². The van der Waals surface area contributed by atoms with Gasteiger partial charge in [-0.05, 0) is 99.9 Å². The van der Waals surface area contributed by atoms with Gasteiger partial charge in [-0.25, -0.2) is 0 Å². The number of anilines is 1. The van der Waals surface area contributed by atoms with Crippen molar-refractivity contribution in [2.45, 2.75) is 104 Å². The van der Waals surface area contributed by atoms with Crippen LogP contribution in [-0.4, -0.2) is 84.3 Å². The standard InChI is InChI=1S/C48H60N2O9/c1-8-28(2)38(52)20-29(3)44(56)49-34-11-9-10-31(22-34)21-30-12-14-32(15-13-30)45-58-41-24-37-36-17-16-33-23-35(51)18-19-46(33,4)43(36)39(53)25-47(37,5)48(41,59-45)40(54)27-57-42(55)26-50(6)7/h9-15,18-19,22-23,28-29,36-37,39,41,43,45,53H,8,16-17,20-21,24-27H2,1-7H3,(H,49,56)/t28-,29-,36+,37+,39+,41-,43-,45-,46+,47+,48-/m1/s1. The molecule has 2 aromatic carbocycles. The van der Waals surface area contributed by atoms with Crippen LogP contribution >= 0.6 is 0 Å². The van der Waals surface area contributed by atoms with Crippen LogP contribution in [0, 0.1) is 40.4 Å². The summed E-state index contributed by atoms with van der Waals surface area (Å²) < 4.78 is 19.2. The van der Waals surface area contributed by atoms with Crippen LogP contribution in [0.2, 0.25) is 0 Å². The van der Waals surface area contributed by atoms with Crippen molar-refractivity contribution in [2.75, 3.05) is 32.6 Å². The molecule has 2 N–H and O–H groups in total. The molecule has 11 heteroatoms. The lowest BCUT2D eigenvalue weighted by Crippen LogP contribution is -2.63. The maximum absolute atomic E-state index is 14.7. The lowest BCUT2D eigenvalue weighted by molar-refractivity contribution is -0.202. The predicted octanol–water partition coefficient (Wildman–Crippen LogP) is 6.57. The van der Waals surface area contributed by atoms with E-state index in [0.717, 1.165) is 41.5 Å². The van der Waals surface area contributed by atoms with E-state index in [1.54, 1.807) is 38.1 Å². The number of fused-ring (bicyclic) bond motifs is 7. The Hall–Kier alpha value is -4.29. The molecule has 0 unspecified atom stereocenters. The van der Waals surface area contributed by atoms with Gasteiger partial charge in [0.05, 0.1) is 18.8 Å². The normalized spacial score (nSPS) is 32.9. The van der Waals surface area contributed by atoms with Gasteiger partial charge in [0.15, 0.2) is 24.3 Å². The minimum Gasteiger partial charge on any atom is -0.457 e. The number of aliphatic hydroxyl groups is 1. The van der Waals surface area contributed by atoms with Crippen molar-refractivity contribution < 1.29 is 43.3 Å². The van der Waals surface area contributed by atoms with Crippen LogP contribution in [0.5, 0.6) is 0 Å². The molecule has 1 heterocycles. The minimum absolute atomic E-state index is 0.0222. The van der Waals surface area contributed by atoms with E-state index in [9.17, 15) is 29.1 Å². The summed E-state index contributed by atoms with van der Waals surface area (Å²) in [6, 6.07) is 15.6. The molecular formula is C48H60N2O9. The monoisotopic (exact) mass is 808 g/mol. The molecule has 11 nitrogen and oxygen atoms in total. The molecule has 1 saturated heterocycles. The summed E-state index contributed by atoms with van der Waals surface area (Å²) in [5, 5.41) is 15.1. The molecule has 59 heavy (non-hydrogen) atoms. The number of ketones is 3. The van der Waals surface area contributed by atoms with Crippen LogP contribution in [0.1, 0.15) is 96.1 Å². The predicted molar refractivity (Wildman–Crippen MR) is 222 cm³/mol. The maximum atomic E-state index is 14.7. The van der Waals surface area contributed by atoms with Gasteiger partial charge in [-0.1, -0.05) is 82.7 Å². The van der Waals surface area contributed by atoms with Crippen molar-refractivity contribution in [1.82, 2.24) is 4.90 Å². The molecule has 4 fully saturated rings. The average molecular weight is 809 g/mol. The quantitative estimate of drug-likeness (QED) is 0.201. The summed E-state index contributed by atoms with van der Waals surface area (Å²) in [6.45, 7) is 9.37. The molecule has 0 spiro atoms. The fraction of sp³-hybridized carbons (Fsp3) is 0.562. The van der Waals surface area contributed by atoms with Gasteiger partial charge in [0, 0.05) is 46.3 Å². The van der Waals surface area contributed by atoms with Gasteiger partial charge < -0.3 is 24.6 Å². The zero-order valence-electron chi connectivity index (χ0n) is 35.5. The van der Waals surface area contributed by atoms with E-state index in [1.165, 1.54) is 0 Å². The third kappa shape index (κ3) is 7.91. The second-order valence-electron chi connectivity index (χ2n) is 18.6. The number of benzene rings is 2. The van der Waals surface area contributed by atoms with Crippen molar-refractivity contribution in [3.63, 3.8) is 0 Å². The third-order valence-electron chi connectivity index (χ3n) is 14.4. The van der Waals surface area contributed by atoms with E-state index in [1.807, 2.05) is 75.4 Å². The number of hydrogen-bond acceptors (Lipinski definition) is 10. The number of allylic oxidation sites excluding steroid dienone is 4. The number of nitrogens with zero attached hydrogens (tertiary/aromatic N) is 1. The molecule has 0 aromatic heterocycles. The number of likely N-dealkylation sites (N-methyl/N-ethyl adjacent to an activating group) is 1. The molecular weight excluding hydrogens is 749 g/mol. The van der Waals surface area contributed by atoms with Gasteiger partial charge in [-0.3, -0.25) is 28.9 Å². The number of ether oxygens (including phenoxy) is 3. The molecule has 5 aliphatic rings. The summed E-state index contributed by atoms with van der Waals surface area (Å²) in [7, 11) is 3.51. The molecule has 316 valence electrons. The number of nitrogens with one attached hydrogen (secondary N) is 1. The molecule has 3 saturated carbocycles. The Morgan fingerprint density at radius 1 is 1.03 bits per heavy atom. The molecule has 4 aliphatic carbocycles. The van der Waals surface area contributed by atoms with Crippen molar-refractivity contribution >= 4 is 34.9 Å². The van der Waals surface area contributed by atoms with Crippen molar-refractivity contribution in [3.05, 3.63) is 89.0 Å². The Balaban J connectivity index is 1.09. The zero-order chi connectivity index (χ0) is 42.4. The number of esters is 1. The zero-order valence-corrected chi connectivity index (χ0v) is 35.5. The smallest absolute Gasteiger partial charge is 0.320 e. The molecule has 0 radical (unpaired) electrons. The fourth-order valence-electron chi connectivity index (χ4n) is 11.2. The first kappa shape index (κ1) is 42.8. The second kappa shape index (κ2) is 16.6. The number of aliphatic hydroxyl groups excluding tert-OH is 1. The van der Waals surface area contributed by atoms with Gasteiger partial charge in [-0.15, -0.1) is 0 Å². The van der Waals surface area contributed by atoms with Gasteiger partial charge in [0.1, 0.15) is 5.78 Å². The SMILES string of the molecule is CC[C@@H](C)C(=O)C[C@@H](C)C(=O)Nc1cccc(Cc2ccc([C@@H]3O[C@@H]4C[C@H]5[C@@H]6CCC7=CC(=O)C=C[C@]7(C)[C@H]6[C@@H](O)C[C@]5(C)[C@]4(C(=O)COC(=O)CN(C)C)O3)cc2)c1. The summed E-state index contributed by atoms with van der Waals surface area (Å²) in [4.78, 5) is 66.7. The van der Waals surface area contributed by atoms with Crippen LogP contribution in [-0.2, 0) is 44.6 Å². The Bertz CT molecular complexity index is 2040. The van der Waals surface area contributed by atoms with Crippen LogP contribution in [0.25, 0.3) is 0 Å². The Morgan fingerprint density at radius 2 is 1.78 bits per heavy atom. The average Bonchev–Trinajstić information content (AvgIpc) is 3.69. The number of amides is 1. The highest BCUT2D eigenvalue weighted by Crippen LogP contribution is 2.70. The van der Waals surface area contributed by atoms with E-state index < -0.39 is 53.4 Å². The molecule has 11 atom stereocenters. The molecule has 2 aromatic rings. The number of hydrogen-bond donors (Lipinski definition) is 2. The van der Waals surface area contributed by atoms with Gasteiger partial charge >= 0.3 is 5.97 Å². The summed E-state index contributed by atoms with van der Waals surface area (Å²) >= 11 is 0. The first-order chi connectivity index (χ1) is 28.0. The number of rotatable bonds is 14. The van der Waals surface area contributed by atoms with E-state index in [0.29, 0.717) is 24.9 Å². The second-order valence-corrected chi connectivity index (χ2v) is 18.6. The molecule has 7 rings (SSSR count). The number of carbonyl (C=O) groups excluding carboxylic acids is 5. The topological polar surface area (TPSA) is 149 Å². The Kier molecular flexibility index (Phi) is 12.1. The summed E-state index contributed by atoms with van der Waals surface area (Å²) in [5.74, 6) is -1.60. The van der Waals surface area contributed by atoms with Crippen molar-refractivity contribution in [2.24, 2.45) is 40.4 Å². The van der Waals surface area contributed by atoms with Gasteiger partial charge in [-0.2, -0.15) is 0 Å². The van der Waals surface area contributed by atoms with Crippen molar-refractivity contribution in [3.8, 4) is 0 Å². The highest BCUT2D eigenvalue weighted by Gasteiger charge is 2.76. The first-order valence-electron chi connectivity index (χ1n) is 21.3. The van der Waals surface area contributed by atoms with Crippen LogP contribution in [0.3, 0.4) is 0 Å². The first-order valence-corrected chi connectivity index (χ1v) is 21.3. The van der Waals surface area contributed by atoms with E-state index in [4.69, 9.17) is 14.2 Å². The summed E-state index contributed by atoms with van der Waals surface area (Å²) in [6.07, 6.45) is 6.97. The fourth-order valence-corrected chi connectivity index (χ4v) is 11.2. The largest absolute Gasteiger partial charge is 0.457 e. The highest BCUT2D eigenvalue weighted by atomic mass is 16.7. The maximum Gasteiger partial charge on any atom is 0.320 e. The van der Waals surface area contributed by atoms with Crippen LogP contribution in [0.15, 0.2) is 72.3 Å². The van der Waals surface area contributed by atoms with Crippen LogP contribution in [0.4, 0.5) is 5.69 Å². The lowest BCUT2D eigenvalue weighted by atomic mass is 9.46.